The van der Waals surface area contributed by atoms with Crippen LogP contribution in [0.4, 0.5) is 5.69 Å². The van der Waals surface area contributed by atoms with E-state index in [0.717, 1.165) is 0 Å². The highest BCUT2D eigenvalue weighted by molar-refractivity contribution is 6.30. The first-order valence-electron chi connectivity index (χ1n) is 5.89. The quantitative estimate of drug-likeness (QED) is 0.808. The van der Waals surface area contributed by atoms with Gasteiger partial charge in [-0.2, -0.15) is 0 Å². The van der Waals surface area contributed by atoms with Gasteiger partial charge in [0.05, 0.1) is 19.4 Å². The van der Waals surface area contributed by atoms with Crippen LogP contribution in [-0.4, -0.2) is 25.7 Å². The van der Waals surface area contributed by atoms with Gasteiger partial charge in [-0.1, -0.05) is 18.5 Å². The maximum Gasteiger partial charge on any atom is 0.328 e. The van der Waals surface area contributed by atoms with Crippen molar-refractivity contribution in [1.29, 1.82) is 0 Å². The Labute approximate surface area is 112 Å². The zero-order chi connectivity index (χ0) is 13.5. The van der Waals surface area contributed by atoms with Crippen molar-refractivity contribution in [1.82, 2.24) is 0 Å². The molecule has 4 nitrogen and oxygen atoms in total. The summed E-state index contributed by atoms with van der Waals surface area (Å²) in [5.74, 6) is 0.365. The first-order valence-corrected chi connectivity index (χ1v) is 6.26. The summed E-state index contributed by atoms with van der Waals surface area (Å²) in [5, 5.41) is 3.67. The van der Waals surface area contributed by atoms with Crippen LogP contribution in [-0.2, 0) is 9.53 Å². The van der Waals surface area contributed by atoms with Crippen LogP contribution in [0.5, 0.6) is 5.75 Å². The summed E-state index contributed by atoms with van der Waals surface area (Å²) in [7, 11) is 1.57. The van der Waals surface area contributed by atoms with Gasteiger partial charge in [-0.15, -0.1) is 0 Å². The van der Waals surface area contributed by atoms with Crippen molar-refractivity contribution < 1.29 is 14.3 Å². The molecule has 0 aliphatic heterocycles. The number of esters is 1. The number of halogens is 1. The van der Waals surface area contributed by atoms with E-state index in [-0.39, 0.29) is 5.97 Å². The Kier molecular flexibility index (Phi) is 5.78. The molecule has 0 heterocycles. The van der Waals surface area contributed by atoms with Gasteiger partial charge in [-0.3, -0.25) is 0 Å². The highest BCUT2D eigenvalue weighted by Gasteiger charge is 2.18. The SMILES string of the molecule is CCOC(=O)C(CC)Nc1cc(Cl)ccc1OC. The summed E-state index contributed by atoms with van der Waals surface area (Å²) in [6.07, 6.45) is 0.620. The van der Waals surface area contributed by atoms with Crippen LogP contribution >= 0.6 is 11.6 Å². The van der Waals surface area contributed by atoms with Crippen molar-refractivity contribution in [3.63, 3.8) is 0 Å². The molecule has 18 heavy (non-hydrogen) atoms. The lowest BCUT2D eigenvalue weighted by Crippen LogP contribution is -2.30. The number of benzene rings is 1. The van der Waals surface area contributed by atoms with Gasteiger partial charge in [0.25, 0.3) is 0 Å². The van der Waals surface area contributed by atoms with Crippen molar-refractivity contribution in [3.8, 4) is 5.75 Å². The van der Waals surface area contributed by atoms with Crippen molar-refractivity contribution in [2.45, 2.75) is 26.3 Å². The predicted molar refractivity (Wildman–Crippen MR) is 72.3 cm³/mol. The molecule has 0 radical (unpaired) electrons. The molecule has 1 N–H and O–H groups in total. The van der Waals surface area contributed by atoms with Crippen LogP contribution in [0, 0.1) is 0 Å². The van der Waals surface area contributed by atoms with Gasteiger partial charge >= 0.3 is 5.97 Å². The zero-order valence-electron chi connectivity index (χ0n) is 10.8. The van der Waals surface area contributed by atoms with Crippen LogP contribution in [0.15, 0.2) is 18.2 Å². The first-order chi connectivity index (χ1) is 8.62. The van der Waals surface area contributed by atoms with Gasteiger partial charge < -0.3 is 14.8 Å². The highest BCUT2D eigenvalue weighted by Crippen LogP contribution is 2.28. The number of carbonyl (C=O) groups is 1. The lowest BCUT2D eigenvalue weighted by molar-refractivity contribution is -0.144. The summed E-state index contributed by atoms with van der Waals surface area (Å²) >= 11 is 5.93. The molecule has 0 aromatic heterocycles. The molecule has 5 heteroatoms. The number of carbonyl (C=O) groups excluding carboxylic acids is 1. The van der Waals surface area contributed by atoms with Crippen molar-refractivity contribution in [3.05, 3.63) is 23.2 Å². The van der Waals surface area contributed by atoms with Gasteiger partial charge in [-0.25, -0.2) is 4.79 Å². The fourth-order valence-electron chi connectivity index (χ4n) is 1.55. The number of nitrogens with one attached hydrogen (secondary N) is 1. The standard InChI is InChI=1S/C13H18ClNO3/c1-4-10(13(16)18-5-2)15-11-8-9(14)6-7-12(11)17-3/h6-8,10,15H,4-5H2,1-3H3. The molecule has 1 aromatic rings. The van der Waals surface area contributed by atoms with E-state index in [0.29, 0.717) is 29.5 Å². The number of hydrogen-bond donors (Lipinski definition) is 1. The molecule has 0 bridgehead atoms. The second-order valence-corrected chi connectivity index (χ2v) is 4.14. The van der Waals surface area contributed by atoms with Gasteiger partial charge in [0.1, 0.15) is 11.8 Å². The summed E-state index contributed by atoms with van der Waals surface area (Å²) in [4.78, 5) is 11.7. The molecule has 0 saturated heterocycles. The second kappa shape index (κ2) is 7.11. The highest BCUT2D eigenvalue weighted by atomic mass is 35.5. The summed E-state index contributed by atoms with van der Waals surface area (Å²) in [6.45, 7) is 4.06. The minimum absolute atomic E-state index is 0.276. The van der Waals surface area contributed by atoms with Crippen molar-refractivity contribution >= 4 is 23.3 Å². The van der Waals surface area contributed by atoms with Crippen molar-refractivity contribution in [2.24, 2.45) is 0 Å². The minimum Gasteiger partial charge on any atom is -0.495 e. The molecular weight excluding hydrogens is 254 g/mol. The Bertz CT molecular complexity index is 409. The van der Waals surface area contributed by atoms with Crippen molar-refractivity contribution in [2.75, 3.05) is 19.0 Å². The van der Waals surface area contributed by atoms with E-state index >= 15 is 0 Å². The molecule has 1 aromatic carbocycles. The first kappa shape index (κ1) is 14.6. The number of ether oxygens (including phenoxy) is 2. The average Bonchev–Trinajstić information content (AvgIpc) is 2.36. The van der Waals surface area contributed by atoms with Gasteiger partial charge in [0.2, 0.25) is 0 Å². The Morgan fingerprint density at radius 3 is 2.72 bits per heavy atom. The molecule has 0 fully saturated rings. The van der Waals surface area contributed by atoms with Crippen LogP contribution < -0.4 is 10.1 Å². The van der Waals surface area contributed by atoms with E-state index in [1.807, 2.05) is 6.92 Å². The molecular formula is C13H18ClNO3. The maximum atomic E-state index is 11.7. The second-order valence-electron chi connectivity index (χ2n) is 3.70. The van der Waals surface area contributed by atoms with Crippen LogP contribution in [0.3, 0.4) is 0 Å². The lowest BCUT2D eigenvalue weighted by Gasteiger charge is -2.18. The number of anilines is 1. The molecule has 0 saturated carbocycles. The molecule has 0 aliphatic carbocycles. The number of methoxy groups -OCH3 is 1. The Balaban J connectivity index is 2.86. The zero-order valence-corrected chi connectivity index (χ0v) is 11.6. The van der Waals surface area contributed by atoms with E-state index in [2.05, 4.69) is 5.32 Å². The number of hydrogen-bond acceptors (Lipinski definition) is 4. The Hall–Kier alpha value is -1.42. The predicted octanol–water partition coefficient (Wildman–Crippen LogP) is 3.10. The average molecular weight is 272 g/mol. The third-order valence-electron chi connectivity index (χ3n) is 2.47. The van der Waals surface area contributed by atoms with Crippen LogP contribution in [0.1, 0.15) is 20.3 Å². The van der Waals surface area contributed by atoms with Gasteiger partial charge in [0, 0.05) is 5.02 Å². The van der Waals surface area contributed by atoms with E-state index in [1.54, 1.807) is 32.2 Å². The van der Waals surface area contributed by atoms with E-state index in [4.69, 9.17) is 21.1 Å². The summed E-state index contributed by atoms with van der Waals surface area (Å²) in [6, 6.07) is 4.80. The van der Waals surface area contributed by atoms with E-state index < -0.39 is 6.04 Å². The van der Waals surface area contributed by atoms with Crippen LogP contribution in [0.2, 0.25) is 5.02 Å². The Morgan fingerprint density at radius 1 is 1.44 bits per heavy atom. The fraction of sp³-hybridized carbons (Fsp3) is 0.462. The fourth-order valence-corrected chi connectivity index (χ4v) is 1.72. The third-order valence-corrected chi connectivity index (χ3v) is 2.71. The van der Waals surface area contributed by atoms with Gasteiger partial charge in [-0.05, 0) is 31.5 Å². The van der Waals surface area contributed by atoms with E-state index in [1.165, 1.54) is 0 Å². The largest absolute Gasteiger partial charge is 0.495 e. The maximum absolute atomic E-state index is 11.7. The summed E-state index contributed by atoms with van der Waals surface area (Å²) in [5.41, 5.74) is 0.685. The molecule has 1 unspecified atom stereocenters. The molecule has 100 valence electrons. The lowest BCUT2D eigenvalue weighted by atomic mass is 10.2. The minimum atomic E-state index is -0.405. The molecule has 0 aliphatic rings. The van der Waals surface area contributed by atoms with Gasteiger partial charge in [0.15, 0.2) is 0 Å². The summed E-state index contributed by atoms with van der Waals surface area (Å²) < 4.78 is 10.2. The monoisotopic (exact) mass is 271 g/mol. The smallest absolute Gasteiger partial charge is 0.328 e. The third kappa shape index (κ3) is 3.81. The topological polar surface area (TPSA) is 47.6 Å². The molecule has 1 rings (SSSR count). The Morgan fingerprint density at radius 2 is 2.17 bits per heavy atom. The molecule has 0 amide bonds. The van der Waals surface area contributed by atoms with Crippen LogP contribution in [0.25, 0.3) is 0 Å². The van der Waals surface area contributed by atoms with E-state index in [9.17, 15) is 4.79 Å². The molecule has 1 atom stereocenters. The molecule has 0 spiro atoms. The normalized spacial score (nSPS) is 11.8. The number of rotatable bonds is 6.